The van der Waals surface area contributed by atoms with Gasteiger partial charge in [0.2, 0.25) is 5.28 Å². The van der Waals surface area contributed by atoms with Crippen LogP contribution in [-0.2, 0) is 6.18 Å². The molecule has 11 heteroatoms. The summed E-state index contributed by atoms with van der Waals surface area (Å²) in [7, 11) is 0. The largest absolute Gasteiger partial charge is 0.416 e. The second-order valence-electron chi connectivity index (χ2n) is 4.18. The molecule has 23 heavy (non-hydrogen) atoms. The fourth-order valence-electron chi connectivity index (χ4n) is 1.59. The Bertz CT molecular complexity index is 765. The van der Waals surface area contributed by atoms with Gasteiger partial charge in [-0.15, -0.1) is 0 Å². The lowest BCUT2D eigenvalue weighted by molar-refractivity contribution is -0.384. The van der Waals surface area contributed by atoms with Gasteiger partial charge in [0, 0.05) is 18.5 Å². The minimum absolute atomic E-state index is 0.0661. The van der Waals surface area contributed by atoms with E-state index in [1.54, 1.807) is 0 Å². The van der Waals surface area contributed by atoms with Crippen LogP contribution in [0.1, 0.15) is 15.9 Å². The summed E-state index contributed by atoms with van der Waals surface area (Å²) in [6.07, 6.45) is -2.60. The van der Waals surface area contributed by atoms with Crippen LogP contribution in [0.25, 0.3) is 0 Å². The number of anilines is 1. The molecular weight excluding hydrogens is 341 g/mol. The average molecular weight is 347 g/mol. The fraction of sp³-hybridized carbons (Fsp3) is 0.0833. The first-order valence-electron chi connectivity index (χ1n) is 5.83. The number of benzene rings is 1. The van der Waals surface area contributed by atoms with Gasteiger partial charge in [-0.05, 0) is 23.7 Å². The van der Waals surface area contributed by atoms with E-state index in [-0.39, 0.29) is 16.5 Å². The molecule has 2 rings (SSSR count). The zero-order valence-electron chi connectivity index (χ0n) is 11.0. The topological polar surface area (TPSA) is 98.0 Å². The van der Waals surface area contributed by atoms with Gasteiger partial charge in [0.1, 0.15) is 5.69 Å². The number of hydrogen-bond acceptors (Lipinski definition) is 5. The Morgan fingerprint density at radius 3 is 2.39 bits per heavy atom. The van der Waals surface area contributed by atoms with E-state index in [2.05, 4.69) is 15.3 Å². The molecule has 0 atom stereocenters. The third-order valence-corrected chi connectivity index (χ3v) is 2.85. The summed E-state index contributed by atoms with van der Waals surface area (Å²) in [5.74, 6) is -0.829. The number of alkyl halides is 3. The van der Waals surface area contributed by atoms with Crippen LogP contribution < -0.4 is 5.32 Å². The van der Waals surface area contributed by atoms with Crippen LogP contribution in [0, 0.1) is 10.1 Å². The summed E-state index contributed by atoms with van der Waals surface area (Å²) in [5.41, 5.74) is -2.54. The molecule has 1 heterocycles. The summed E-state index contributed by atoms with van der Waals surface area (Å²) in [6.45, 7) is 0. The standard InChI is InChI=1S/C12H6ClF3N4O3/c13-11-17-4-6(5-18-11)10(21)19-8-2-1-7(12(14,15)16)3-9(8)20(22)23/h1-5H,(H,19,21). The summed E-state index contributed by atoms with van der Waals surface area (Å²) >= 11 is 5.45. The van der Waals surface area contributed by atoms with Gasteiger partial charge < -0.3 is 5.32 Å². The number of rotatable bonds is 3. The quantitative estimate of drug-likeness (QED) is 0.522. The highest BCUT2D eigenvalue weighted by Gasteiger charge is 2.33. The third-order valence-electron chi connectivity index (χ3n) is 2.65. The Morgan fingerprint density at radius 1 is 1.26 bits per heavy atom. The second kappa shape index (κ2) is 6.16. The van der Waals surface area contributed by atoms with Crippen molar-refractivity contribution in [2.75, 3.05) is 5.32 Å². The Balaban J connectivity index is 2.34. The molecule has 0 aliphatic rings. The van der Waals surface area contributed by atoms with Gasteiger partial charge in [-0.1, -0.05) is 0 Å². The first kappa shape index (κ1) is 16.6. The lowest BCUT2D eigenvalue weighted by atomic mass is 10.1. The number of nitro groups is 1. The van der Waals surface area contributed by atoms with Crippen molar-refractivity contribution in [2.45, 2.75) is 6.18 Å². The van der Waals surface area contributed by atoms with Crippen LogP contribution in [-0.4, -0.2) is 20.8 Å². The monoisotopic (exact) mass is 346 g/mol. The Morgan fingerprint density at radius 2 is 1.87 bits per heavy atom. The molecule has 0 aliphatic carbocycles. The van der Waals surface area contributed by atoms with Gasteiger partial charge in [-0.3, -0.25) is 14.9 Å². The minimum Gasteiger partial charge on any atom is -0.316 e. The summed E-state index contributed by atoms with van der Waals surface area (Å²) in [4.78, 5) is 28.9. The molecule has 0 saturated heterocycles. The number of aromatic nitrogens is 2. The predicted octanol–water partition coefficient (Wildman–Crippen LogP) is 3.31. The molecule has 0 spiro atoms. The molecule has 1 N–H and O–H groups in total. The lowest BCUT2D eigenvalue weighted by Crippen LogP contribution is -2.14. The first-order chi connectivity index (χ1) is 10.7. The van der Waals surface area contributed by atoms with Crippen molar-refractivity contribution >= 4 is 28.9 Å². The Kier molecular flexibility index (Phi) is 4.45. The number of nitrogens with zero attached hydrogens (tertiary/aromatic N) is 3. The smallest absolute Gasteiger partial charge is 0.316 e. The second-order valence-corrected chi connectivity index (χ2v) is 4.52. The number of amides is 1. The van der Waals surface area contributed by atoms with Crippen LogP contribution in [0.3, 0.4) is 0 Å². The van der Waals surface area contributed by atoms with Crippen molar-refractivity contribution in [3.8, 4) is 0 Å². The van der Waals surface area contributed by atoms with Crippen molar-refractivity contribution in [1.29, 1.82) is 0 Å². The first-order valence-corrected chi connectivity index (χ1v) is 6.21. The molecule has 7 nitrogen and oxygen atoms in total. The minimum atomic E-state index is -4.74. The fourth-order valence-corrected chi connectivity index (χ4v) is 1.69. The molecule has 120 valence electrons. The third kappa shape index (κ3) is 3.92. The van der Waals surface area contributed by atoms with Gasteiger partial charge in [-0.25, -0.2) is 9.97 Å². The molecule has 0 unspecified atom stereocenters. The normalized spacial score (nSPS) is 11.1. The SMILES string of the molecule is O=C(Nc1ccc(C(F)(F)F)cc1[N+](=O)[O-])c1cnc(Cl)nc1. The molecule has 1 aromatic carbocycles. The predicted molar refractivity (Wildman–Crippen MR) is 73.1 cm³/mol. The maximum atomic E-state index is 12.6. The van der Waals surface area contributed by atoms with E-state index < -0.39 is 28.3 Å². The zero-order chi connectivity index (χ0) is 17.2. The maximum Gasteiger partial charge on any atom is 0.416 e. The molecule has 0 radical (unpaired) electrons. The molecular formula is C12H6ClF3N4O3. The highest BCUT2D eigenvalue weighted by Crippen LogP contribution is 2.35. The van der Waals surface area contributed by atoms with Crippen LogP contribution >= 0.6 is 11.6 Å². The number of nitrogens with one attached hydrogen (secondary N) is 1. The number of hydrogen-bond donors (Lipinski definition) is 1. The molecule has 1 aromatic heterocycles. The lowest BCUT2D eigenvalue weighted by Gasteiger charge is -2.09. The average Bonchev–Trinajstić information content (AvgIpc) is 2.46. The van der Waals surface area contributed by atoms with Crippen LogP contribution in [0.4, 0.5) is 24.5 Å². The van der Waals surface area contributed by atoms with Crippen molar-refractivity contribution in [3.05, 3.63) is 57.1 Å². The number of nitro benzene ring substituents is 1. The summed E-state index contributed by atoms with van der Waals surface area (Å²) in [6, 6.07) is 1.77. The molecule has 0 aliphatic heterocycles. The van der Waals surface area contributed by atoms with E-state index in [0.717, 1.165) is 18.5 Å². The van der Waals surface area contributed by atoms with Crippen LogP contribution in [0.5, 0.6) is 0 Å². The van der Waals surface area contributed by atoms with Gasteiger partial charge in [-0.2, -0.15) is 13.2 Å². The highest BCUT2D eigenvalue weighted by molar-refractivity contribution is 6.28. The van der Waals surface area contributed by atoms with E-state index >= 15 is 0 Å². The van der Waals surface area contributed by atoms with Crippen molar-refractivity contribution in [1.82, 2.24) is 9.97 Å². The van der Waals surface area contributed by atoms with E-state index in [1.165, 1.54) is 0 Å². The van der Waals surface area contributed by atoms with Crippen molar-refractivity contribution < 1.29 is 22.9 Å². The Labute approximate surface area is 131 Å². The highest BCUT2D eigenvalue weighted by atomic mass is 35.5. The summed E-state index contributed by atoms with van der Waals surface area (Å²) < 4.78 is 37.8. The molecule has 0 bridgehead atoms. The van der Waals surface area contributed by atoms with Crippen LogP contribution in [0.2, 0.25) is 5.28 Å². The number of halogens is 4. The van der Waals surface area contributed by atoms with E-state index in [0.29, 0.717) is 12.1 Å². The maximum absolute atomic E-state index is 12.6. The Hall–Kier alpha value is -2.75. The summed E-state index contributed by atoms with van der Waals surface area (Å²) in [5, 5.41) is 12.9. The van der Waals surface area contributed by atoms with Gasteiger partial charge in [0.25, 0.3) is 11.6 Å². The van der Waals surface area contributed by atoms with Gasteiger partial charge in [0.15, 0.2) is 0 Å². The molecule has 0 saturated carbocycles. The van der Waals surface area contributed by atoms with Crippen LogP contribution in [0.15, 0.2) is 30.6 Å². The van der Waals surface area contributed by atoms with E-state index in [1.807, 2.05) is 0 Å². The van der Waals surface area contributed by atoms with E-state index in [4.69, 9.17) is 11.6 Å². The van der Waals surface area contributed by atoms with E-state index in [9.17, 15) is 28.1 Å². The van der Waals surface area contributed by atoms with Gasteiger partial charge >= 0.3 is 6.18 Å². The van der Waals surface area contributed by atoms with Crippen molar-refractivity contribution in [2.24, 2.45) is 0 Å². The van der Waals surface area contributed by atoms with Crippen molar-refractivity contribution in [3.63, 3.8) is 0 Å². The zero-order valence-corrected chi connectivity index (χ0v) is 11.7. The molecule has 0 fully saturated rings. The molecule has 1 amide bonds. The van der Waals surface area contributed by atoms with Gasteiger partial charge in [0.05, 0.1) is 16.1 Å². The number of carbonyl (C=O) groups excluding carboxylic acids is 1. The number of carbonyl (C=O) groups is 1. The molecule has 2 aromatic rings.